The van der Waals surface area contributed by atoms with Crippen molar-refractivity contribution in [1.82, 2.24) is 4.98 Å². The summed E-state index contributed by atoms with van der Waals surface area (Å²) < 4.78 is 20.3. The van der Waals surface area contributed by atoms with E-state index in [4.69, 9.17) is 18.6 Å². The van der Waals surface area contributed by atoms with Gasteiger partial charge in [-0.2, -0.15) is 4.98 Å². The number of hydrogen-bond acceptors (Lipinski definition) is 6. The summed E-state index contributed by atoms with van der Waals surface area (Å²) in [6, 6.07) is 3.14. The van der Waals surface area contributed by atoms with Crippen LogP contribution in [0.4, 0.5) is 0 Å². The molecule has 6 heteroatoms. The first kappa shape index (κ1) is 12.2. The molecule has 0 atom stereocenters. The molecule has 0 spiro atoms. The predicted octanol–water partition coefficient (Wildman–Crippen LogP) is 1.60. The fourth-order valence-electron chi connectivity index (χ4n) is 1.56. The molecule has 0 radical (unpaired) electrons. The van der Waals surface area contributed by atoms with E-state index >= 15 is 0 Å². The minimum absolute atomic E-state index is 0.0535. The summed E-state index contributed by atoms with van der Waals surface area (Å²) in [5, 5.41) is 0.316. The zero-order valence-electron chi connectivity index (χ0n) is 10.4. The lowest BCUT2D eigenvalue weighted by Gasteiger charge is -2.08. The SMILES string of the molecule is CCOc1nc2cc(OC)c(OC)cc2c(=O)o1. The second kappa shape index (κ2) is 4.95. The molecule has 6 nitrogen and oxygen atoms in total. The number of methoxy groups -OCH3 is 2. The molecule has 0 N–H and O–H groups in total. The summed E-state index contributed by atoms with van der Waals surface area (Å²) in [4.78, 5) is 15.8. The number of nitrogens with zero attached hydrogens (tertiary/aromatic N) is 1. The number of rotatable bonds is 4. The summed E-state index contributed by atoms with van der Waals surface area (Å²) in [6.07, 6.45) is -0.0535. The highest BCUT2D eigenvalue weighted by atomic mass is 16.6. The third-order valence-corrected chi connectivity index (χ3v) is 2.38. The maximum absolute atomic E-state index is 11.8. The first-order valence-corrected chi connectivity index (χ1v) is 5.39. The zero-order chi connectivity index (χ0) is 13.1. The highest BCUT2D eigenvalue weighted by molar-refractivity contribution is 5.81. The lowest BCUT2D eigenvalue weighted by molar-refractivity contribution is 0.229. The van der Waals surface area contributed by atoms with E-state index in [0.717, 1.165) is 0 Å². The molecule has 96 valence electrons. The van der Waals surface area contributed by atoms with E-state index in [0.29, 0.717) is 29.0 Å². The van der Waals surface area contributed by atoms with Gasteiger partial charge in [0.05, 0.1) is 31.7 Å². The van der Waals surface area contributed by atoms with E-state index in [1.165, 1.54) is 20.3 Å². The third-order valence-electron chi connectivity index (χ3n) is 2.38. The first-order valence-electron chi connectivity index (χ1n) is 5.39. The summed E-state index contributed by atoms with van der Waals surface area (Å²) in [5.74, 6) is 0.939. The van der Waals surface area contributed by atoms with Crippen molar-refractivity contribution in [1.29, 1.82) is 0 Å². The number of hydrogen-bond donors (Lipinski definition) is 0. The largest absolute Gasteiger partial charge is 0.493 e. The molecule has 0 saturated heterocycles. The van der Waals surface area contributed by atoms with Crippen molar-refractivity contribution in [3.8, 4) is 17.6 Å². The Hall–Kier alpha value is -2.24. The van der Waals surface area contributed by atoms with E-state index in [-0.39, 0.29) is 6.08 Å². The Balaban J connectivity index is 2.68. The van der Waals surface area contributed by atoms with Crippen LogP contribution in [0.1, 0.15) is 6.92 Å². The maximum Gasteiger partial charge on any atom is 0.397 e. The van der Waals surface area contributed by atoms with Crippen LogP contribution in [0.25, 0.3) is 10.9 Å². The van der Waals surface area contributed by atoms with Crippen molar-refractivity contribution in [2.75, 3.05) is 20.8 Å². The molecular weight excluding hydrogens is 238 g/mol. The Bertz CT molecular complexity index is 620. The van der Waals surface area contributed by atoms with Crippen molar-refractivity contribution in [2.45, 2.75) is 6.92 Å². The second-order valence-electron chi connectivity index (χ2n) is 3.42. The molecule has 18 heavy (non-hydrogen) atoms. The minimum atomic E-state index is -0.524. The lowest BCUT2D eigenvalue weighted by atomic mass is 10.2. The summed E-state index contributed by atoms with van der Waals surface area (Å²) in [5.41, 5.74) is -0.0863. The molecular formula is C12H13NO5. The summed E-state index contributed by atoms with van der Waals surface area (Å²) >= 11 is 0. The van der Waals surface area contributed by atoms with Crippen molar-refractivity contribution in [3.63, 3.8) is 0 Å². The topological polar surface area (TPSA) is 70.8 Å². The van der Waals surface area contributed by atoms with Crippen LogP contribution in [0.3, 0.4) is 0 Å². The molecule has 1 aromatic heterocycles. The van der Waals surface area contributed by atoms with Crippen LogP contribution in [0, 0.1) is 0 Å². The van der Waals surface area contributed by atoms with E-state index in [9.17, 15) is 4.79 Å². The van der Waals surface area contributed by atoms with Crippen molar-refractivity contribution in [2.24, 2.45) is 0 Å². The van der Waals surface area contributed by atoms with Crippen LogP contribution in [-0.2, 0) is 0 Å². The molecule has 2 rings (SSSR count). The molecule has 0 unspecified atom stereocenters. The Morgan fingerprint density at radius 2 is 1.89 bits per heavy atom. The van der Waals surface area contributed by atoms with Crippen LogP contribution in [-0.4, -0.2) is 25.8 Å². The van der Waals surface area contributed by atoms with Gasteiger partial charge in [0, 0.05) is 12.1 Å². The second-order valence-corrected chi connectivity index (χ2v) is 3.42. The standard InChI is InChI=1S/C12H13NO5/c1-4-17-12-13-8-6-10(16-3)9(15-2)5-7(8)11(14)18-12/h5-6H,4H2,1-3H3. The molecule has 0 aliphatic carbocycles. The van der Waals surface area contributed by atoms with Gasteiger partial charge in [0.1, 0.15) is 0 Å². The molecule has 1 heterocycles. The van der Waals surface area contributed by atoms with Crippen molar-refractivity contribution < 1.29 is 18.6 Å². The van der Waals surface area contributed by atoms with Crippen LogP contribution in [0.15, 0.2) is 21.3 Å². The van der Waals surface area contributed by atoms with Crippen molar-refractivity contribution in [3.05, 3.63) is 22.6 Å². The monoisotopic (exact) mass is 251 g/mol. The Kier molecular flexibility index (Phi) is 3.36. The normalized spacial score (nSPS) is 10.4. The number of benzene rings is 1. The summed E-state index contributed by atoms with van der Waals surface area (Å²) in [6.45, 7) is 2.15. The van der Waals surface area contributed by atoms with Crippen molar-refractivity contribution >= 4 is 10.9 Å². The van der Waals surface area contributed by atoms with Gasteiger partial charge >= 0.3 is 11.7 Å². The third kappa shape index (κ3) is 2.09. The smallest absolute Gasteiger partial charge is 0.397 e. The molecule has 0 fully saturated rings. The van der Waals surface area contributed by atoms with Gasteiger partial charge < -0.3 is 18.6 Å². The fraction of sp³-hybridized carbons (Fsp3) is 0.333. The quantitative estimate of drug-likeness (QED) is 0.822. The van der Waals surface area contributed by atoms with Crippen LogP contribution >= 0.6 is 0 Å². The van der Waals surface area contributed by atoms with Crippen LogP contribution < -0.4 is 19.8 Å². The Morgan fingerprint density at radius 1 is 1.22 bits per heavy atom. The molecule has 0 amide bonds. The van der Waals surface area contributed by atoms with Gasteiger partial charge in [-0.1, -0.05) is 0 Å². The van der Waals surface area contributed by atoms with E-state index in [2.05, 4.69) is 4.98 Å². The molecule has 2 aromatic rings. The molecule has 0 aliphatic heterocycles. The van der Waals surface area contributed by atoms with E-state index < -0.39 is 5.63 Å². The van der Waals surface area contributed by atoms with E-state index in [1.54, 1.807) is 13.0 Å². The highest BCUT2D eigenvalue weighted by Gasteiger charge is 2.12. The first-order chi connectivity index (χ1) is 8.69. The lowest BCUT2D eigenvalue weighted by Crippen LogP contribution is -2.05. The average molecular weight is 251 g/mol. The summed E-state index contributed by atoms with van der Waals surface area (Å²) in [7, 11) is 3.01. The van der Waals surface area contributed by atoms with Gasteiger partial charge in [-0.3, -0.25) is 0 Å². The number of fused-ring (bicyclic) bond motifs is 1. The Morgan fingerprint density at radius 3 is 2.50 bits per heavy atom. The highest BCUT2D eigenvalue weighted by Crippen LogP contribution is 2.30. The van der Waals surface area contributed by atoms with Gasteiger partial charge in [-0.25, -0.2) is 4.79 Å². The van der Waals surface area contributed by atoms with E-state index in [1.807, 2.05) is 0 Å². The molecule has 0 bridgehead atoms. The fourth-order valence-corrected chi connectivity index (χ4v) is 1.56. The van der Waals surface area contributed by atoms with Gasteiger partial charge in [0.2, 0.25) is 0 Å². The minimum Gasteiger partial charge on any atom is -0.493 e. The number of aromatic nitrogens is 1. The van der Waals surface area contributed by atoms with Gasteiger partial charge in [0.25, 0.3) is 0 Å². The zero-order valence-corrected chi connectivity index (χ0v) is 10.4. The molecule has 1 aromatic carbocycles. The van der Waals surface area contributed by atoms with Crippen LogP contribution in [0.5, 0.6) is 17.6 Å². The maximum atomic E-state index is 11.8. The van der Waals surface area contributed by atoms with Gasteiger partial charge in [0.15, 0.2) is 11.5 Å². The average Bonchev–Trinajstić information content (AvgIpc) is 2.37. The Labute approximate surface area is 103 Å². The number of ether oxygens (including phenoxy) is 3. The molecule has 0 aliphatic rings. The van der Waals surface area contributed by atoms with Gasteiger partial charge in [-0.05, 0) is 6.92 Å². The molecule has 0 saturated carbocycles. The predicted molar refractivity (Wildman–Crippen MR) is 64.6 cm³/mol. The van der Waals surface area contributed by atoms with Gasteiger partial charge in [-0.15, -0.1) is 0 Å². The van der Waals surface area contributed by atoms with Crippen LogP contribution in [0.2, 0.25) is 0 Å².